The van der Waals surface area contributed by atoms with E-state index in [4.69, 9.17) is 24.1 Å². The van der Waals surface area contributed by atoms with Gasteiger partial charge in [-0.2, -0.15) is 0 Å². The number of aliphatic hydroxyl groups is 7. The smallest absolute Gasteiger partial charge is 1.00 e. The summed E-state index contributed by atoms with van der Waals surface area (Å²) in [5.74, 6) is -4.84. The molecule has 2 aliphatic heterocycles. The third-order valence-corrected chi connectivity index (χ3v) is 4.64. The Morgan fingerprint density at radius 3 is 2.13 bits per heavy atom. The summed E-state index contributed by atoms with van der Waals surface area (Å²) < 4.78 is 20.4. The SMILES string of the molecule is O=C(O)/C=C\C(=O)OC[C@H]1O[C@H](O[C@]2(CO)O[C@H](CO)[C@@H](O)[C@@H]2O)[C@H](O)[C@@H](O)[C@@H]1O.[H-].[H-].[Mg+2]. The minimum Gasteiger partial charge on any atom is -1.00 e. The van der Waals surface area contributed by atoms with Gasteiger partial charge in [-0.05, 0) is 0 Å². The second-order valence-corrected chi connectivity index (χ2v) is 6.68. The van der Waals surface area contributed by atoms with Gasteiger partial charge in [0.25, 0.3) is 0 Å². The minimum absolute atomic E-state index is 0. The molecule has 15 heteroatoms. The Kier molecular flexibility index (Phi) is 10.7. The van der Waals surface area contributed by atoms with Gasteiger partial charge in [-0.15, -0.1) is 0 Å². The van der Waals surface area contributed by atoms with Crippen LogP contribution in [-0.4, -0.2) is 150 Å². The molecule has 2 saturated heterocycles. The normalized spacial score (nSPS) is 40.5. The summed E-state index contributed by atoms with van der Waals surface area (Å²) in [6.07, 6.45) is -12.6. The van der Waals surface area contributed by atoms with Gasteiger partial charge in [0.1, 0.15) is 55.9 Å². The van der Waals surface area contributed by atoms with E-state index in [1.807, 2.05) is 0 Å². The summed E-state index contributed by atoms with van der Waals surface area (Å²) in [6, 6.07) is 0. The van der Waals surface area contributed by atoms with Crippen molar-refractivity contribution in [2.24, 2.45) is 0 Å². The monoisotopic (exact) mass is 466 g/mol. The van der Waals surface area contributed by atoms with Gasteiger partial charge in [0, 0.05) is 12.2 Å². The number of carbonyl (C=O) groups is 2. The molecule has 31 heavy (non-hydrogen) atoms. The standard InChI is InChI=1S/C16H24O14.Mg.2H/c17-3-6-11(23)14(26)16(5-18,29-6)30-15-13(25)12(24)10(22)7(28-15)4-27-9(21)2-1-8(19)20;;;/h1-2,6-7,10-15,17-18,22-26H,3-5H2,(H,19,20);;;/q;+2;2*-1/b2-1-;;;/t6-,7-,10-,11-,12+,13-,14+,15-,16+;;;/m1.../s1. The molecule has 0 amide bonds. The van der Waals surface area contributed by atoms with E-state index in [1.165, 1.54) is 0 Å². The molecule has 0 saturated carbocycles. The summed E-state index contributed by atoms with van der Waals surface area (Å²) in [5, 5.41) is 77.4. The zero-order valence-electron chi connectivity index (χ0n) is 18.1. The molecule has 14 nitrogen and oxygen atoms in total. The molecule has 0 aromatic rings. The second kappa shape index (κ2) is 11.8. The van der Waals surface area contributed by atoms with Crippen LogP contribution in [0.3, 0.4) is 0 Å². The maximum atomic E-state index is 11.5. The zero-order valence-corrected chi connectivity index (χ0v) is 17.5. The average molecular weight is 467 g/mol. The molecule has 176 valence electrons. The first-order valence-electron chi connectivity index (χ1n) is 8.77. The Bertz CT molecular complexity index is 657. The van der Waals surface area contributed by atoms with Crippen molar-refractivity contribution in [1.29, 1.82) is 0 Å². The third-order valence-electron chi connectivity index (χ3n) is 4.64. The fourth-order valence-corrected chi connectivity index (χ4v) is 2.97. The van der Waals surface area contributed by atoms with Crippen LogP contribution < -0.4 is 0 Å². The van der Waals surface area contributed by atoms with E-state index in [1.54, 1.807) is 0 Å². The zero-order chi connectivity index (χ0) is 22.6. The molecule has 9 atom stereocenters. The Balaban J connectivity index is 0. The van der Waals surface area contributed by atoms with E-state index in [-0.39, 0.29) is 25.9 Å². The molecule has 0 spiro atoms. The van der Waals surface area contributed by atoms with Crippen LogP contribution in [0.2, 0.25) is 0 Å². The van der Waals surface area contributed by atoms with Gasteiger partial charge in [0.15, 0.2) is 6.29 Å². The van der Waals surface area contributed by atoms with Gasteiger partial charge in [-0.1, -0.05) is 0 Å². The summed E-state index contributed by atoms with van der Waals surface area (Å²) in [6.45, 7) is -2.47. The fraction of sp³-hybridized carbons (Fsp3) is 0.750. The van der Waals surface area contributed by atoms with Crippen molar-refractivity contribution < 1.29 is 72.2 Å². The predicted octanol–water partition coefficient (Wildman–Crippen LogP) is -5.36. The summed E-state index contributed by atoms with van der Waals surface area (Å²) >= 11 is 0. The van der Waals surface area contributed by atoms with Crippen molar-refractivity contribution >= 4 is 35.0 Å². The molecule has 0 aromatic heterocycles. The molecular formula is C16H26MgO14. The maximum absolute atomic E-state index is 11.5. The molecule has 2 rings (SSSR count). The molecule has 2 heterocycles. The van der Waals surface area contributed by atoms with E-state index in [9.17, 15) is 45.3 Å². The number of ether oxygens (including phenoxy) is 4. The van der Waals surface area contributed by atoms with Crippen molar-refractivity contribution in [3.63, 3.8) is 0 Å². The number of aliphatic hydroxyl groups excluding tert-OH is 7. The molecule has 0 unspecified atom stereocenters. The molecule has 2 fully saturated rings. The van der Waals surface area contributed by atoms with E-state index in [2.05, 4.69) is 0 Å². The van der Waals surface area contributed by atoms with Gasteiger partial charge in [0.2, 0.25) is 5.79 Å². The van der Waals surface area contributed by atoms with Crippen LogP contribution in [0.4, 0.5) is 0 Å². The van der Waals surface area contributed by atoms with Crippen LogP contribution in [0.1, 0.15) is 2.85 Å². The number of hydrogen-bond donors (Lipinski definition) is 8. The number of hydrogen-bond acceptors (Lipinski definition) is 13. The van der Waals surface area contributed by atoms with E-state index < -0.39 is 86.6 Å². The van der Waals surface area contributed by atoms with E-state index in [0.717, 1.165) is 0 Å². The van der Waals surface area contributed by atoms with Gasteiger partial charge in [0.05, 0.1) is 6.61 Å². The van der Waals surface area contributed by atoms with E-state index >= 15 is 0 Å². The first-order valence-corrected chi connectivity index (χ1v) is 8.77. The van der Waals surface area contributed by atoms with Crippen LogP contribution in [0.15, 0.2) is 12.2 Å². The van der Waals surface area contributed by atoms with Crippen molar-refractivity contribution in [2.75, 3.05) is 19.8 Å². The van der Waals surface area contributed by atoms with Crippen molar-refractivity contribution in [1.82, 2.24) is 0 Å². The first-order chi connectivity index (χ1) is 14.1. The van der Waals surface area contributed by atoms with Crippen molar-refractivity contribution in [3.8, 4) is 0 Å². The van der Waals surface area contributed by atoms with Crippen molar-refractivity contribution in [2.45, 2.75) is 54.8 Å². The van der Waals surface area contributed by atoms with Gasteiger partial charge < -0.3 is 62.7 Å². The van der Waals surface area contributed by atoms with Crippen LogP contribution in [-0.2, 0) is 28.5 Å². The number of carboxylic acid groups (broad SMARTS) is 1. The molecule has 0 aromatic carbocycles. The second-order valence-electron chi connectivity index (χ2n) is 6.68. The van der Waals surface area contributed by atoms with Gasteiger partial charge in [-0.25, -0.2) is 9.59 Å². The number of aliphatic carboxylic acids is 1. The Morgan fingerprint density at radius 2 is 1.61 bits per heavy atom. The molecule has 8 N–H and O–H groups in total. The number of rotatable bonds is 8. The van der Waals surface area contributed by atoms with Crippen LogP contribution >= 0.6 is 0 Å². The Morgan fingerprint density at radius 1 is 0.968 bits per heavy atom. The summed E-state index contributed by atoms with van der Waals surface area (Å²) in [4.78, 5) is 21.8. The Labute approximate surface area is 194 Å². The fourth-order valence-electron chi connectivity index (χ4n) is 2.97. The molecule has 0 aliphatic carbocycles. The predicted molar refractivity (Wildman–Crippen MR) is 97.3 cm³/mol. The number of carboxylic acids is 1. The first kappa shape index (κ1) is 28.1. The van der Waals surface area contributed by atoms with Crippen molar-refractivity contribution in [3.05, 3.63) is 12.2 Å². The summed E-state index contributed by atoms with van der Waals surface area (Å²) in [7, 11) is 0. The largest absolute Gasteiger partial charge is 2.00 e. The minimum atomic E-state index is -2.34. The molecular weight excluding hydrogens is 440 g/mol. The van der Waals surface area contributed by atoms with Gasteiger partial charge in [-0.3, -0.25) is 0 Å². The Hall–Kier alpha value is -0.954. The number of carbonyl (C=O) groups excluding carboxylic acids is 1. The quantitative estimate of drug-likeness (QED) is 0.0947. The van der Waals surface area contributed by atoms with Gasteiger partial charge >= 0.3 is 35.0 Å². The summed E-state index contributed by atoms with van der Waals surface area (Å²) in [5.41, 5.74) is 0. The molecule has 2 aliphatic rings. The third kappa shape index (κ3) is 6.31. The number of esters is 1. The molecule has 0 radical (unpaired) electrons. The molecule has 0 bridgehead atoms. The van der Waals surface area contributed by atoms with Crippen LogP contribution in [0.25, 0.3) is 0 Å². The van der Waals surface area contributed by atoms with Crippen LogP contribution in [0, 0.1) is 0 Å². The average Bonchev–Trinajstić information content (AvgIpc) is 2.96. The maximum Gasteiger partial charge on any atom is 2.00 e. The van der Waals surface area contributed by atoms with E-state index in [0.29, 0.717) is 12.2 Å². The van der Waals surface area contributed by atoms with Crippen LogP contribution in [0.5, 0.6) is 0 Å². The topological polar surface area (TPSA) is 233 Å².